The average Bonchev–Trinajstić information content (AvgIpc) is 2.72. The maximum Gasteiger partial charge on any atom is 0.312 e. The Kier molecular flexibility index (Phi) is 15.3. The molecule has 0 aromatic rings. The minimum Gasteiger partial charge on any atom is -0.375 e. The van der Waals surface area contributed by atoms with Gasteiger partial charge >= 0.3 is 6.03 Å². The van der Waals surface area contributed by atoms with Gasteiger partial charge in [0.15, 0.2) is 5.78 Å². The van der Waals surface area contributed by atoms with Gasteiger partial charge in [0.1, 0.15) is 0 Å². The van der Waals surface area contributed by atoms with E-state index in [0.717, 1.165) is 13.0 Å². The molecule has 0 fully saturated rings. The van der Waals surface area contributed by atoms with Crippen molar-refractivity contribution in [2.45, 2.75) is 84.0 Å². The molecule has 0 aliphatic rings. The van der Waals surface area contributed by atoms with Crippen molar-refractivity contribution in [2.75, 3.05) is 39.9 Å². The van der Waals surface area contributed by atoms with E-state index in [0.29, 0.717) is 39.0 Å². The number of carbonyl (C=O) groups excluding carboxylic acids is 4. The molecule has 0 bridgehead atoms. The lowest BCUT2D eigenvalue weighted by Crippen LogP contribution is -2.45. The van der Waals surface area contributed by atoms with Gasteiger partial charge in [-0.1, -0.05) is 0 Å². The first-order valence-electron chi connectivity index (χ1n) is 11.8. The minimum absolute atomic E-state index is 0.201. The van der Waals surface area contributed by atoms with E-state index in [2.05, 4.69) is 21.3 Å². The Balaban J connectivity index is 4.24. The summed E-state index contributed by atoms with van der Waals surface area (Å²) in [5.74, 6) is -0.923. The average molecular weight is 488 g/mol. The molecule has 11 heteroatoms. The highest BCUT2D eigenvalue weighted by molar-refractivity contribution is 5.90. The zero-order valence-corrected chi connectivity index (χ0v) is 21.7. The van der Waals surface area contributed by atoms with Gasteiger partial charge < -0.3 is 36.5 Å². The summed E-state index contributed by atoms with van der Waals surface area (Å²) in [6.07, 6.45) is 2.26. The van der Waals surface area contributed by atoms with Crippen LogP contribution in [0.4, 0.5) is 4.79 Å². The third-order valence-electron chi connectivity index (χ3n) is 5.24. The van der Waals surface area contributed by atoms with Gasteiger partial charge in [0.25, 0.3) is 0 Å². The van der Waals surface area contributed by atoms with Gasteiger partial charge in [0.2, 0.25) is 11.8 Å². The van der Waals surface area contributed by atoms with Crippen molar-refractivity contribution in [3.63, 3.8) is 0 Å². The number of carbonyl (C=O) groups is 4. The summed E-state index contributed by atoms with van der Waals surface area (Å²) in [6, 6.07) is -1.32. The number of ketones is 1. The Morgan fingerprint density at radius 1 is 0.882 bits per heavy atom. The normalized spacial score (nSPS) is 12.6. The molecule has 11 nitrogen and oxygen atoms in total. The van der Waals surface area contributed by atoms with Gasteiger partial charge in [-0.3, -0.25) is 14.4 Å². The molecule has 1 atom stereocenters. The predicted octanol–water partition coefficient (Wildman–Crippen LogP) is 0.605. The van der Waals surface area contributed by atoms with Gasteiger partial charge in [-0.25, -0.2) is 4.79 Å². The first-order valence-corrected chi connectivity index (χ1v) is 11.8. The van der Waals surface area contributed by atoms with Crippen LogP contribution in [0.5, 0.6) is 0 Å². The highest BCUT2D eigenvalue weighted by Gasteiger charge is 2.24. The van der Waals surface area contributed by atoms with E-state index in [-0.39, 0.29) is 30.3 Å². The third-order valence-corrected chi connectivity index (χ3v) is 5.24. The highest BCUT2D eigenvalue weighted by atomic mass is 16.5. The van der Waals surface area contributed by atoms with Crippen LogP contribution in [0.3, 0.4) is 0 Å². The second-order valence-electron chi connectivity index (χ2n) is 9.51. The van der Waals surface area contributed by atoms with E-state index in [1.165, 1.54) is 6.92 Å². The molecule has 0 radical (unpaired) electrons. The van der Waals surface area contributed by atoms with Crippen molar-refractivity contribution in [3.05, 3.63) is 0 Å². The number of likely N-dealkylation sites (N-methyl/N-ethyl adjacent to an activating group) is 1. The monoisotopic (exact) mass is 487 g/mol. The standard InChI is InChI=1S/C23H45N5O6/c1-17(29)18(8-7-12-26-21(24)32)28-20(31)16-27-19(30)9-10-22(2,3)33-14-11-23(4,5)34-15-13-25-6/h18,25H,7-16H2,1-6H3,(H,27,30)(H,28,31)(H3,24,26,32). The molecule has 0 spiro atoms. The smallest absolute Gasteiger partial charge is 0.312 e. The van der Waals surface area contributed by atoms with E-state index >= 15 is 0 Å². The Bertz CT molecular complexity index is 654. The number of amides is 4. The van der Waals surface area contributed by atoms with Gasteiger partial charge in [-0.15, -0.1) is 0 Å². The Morgan fingerprint density at radius 3 is 2.09 bits per heavy atom. The van der Waals surface area contributed by atoms with Crippen LogP contribution in [-0.2, 0) is 23.9 Å². The third kappa shape index (κ3) is 17.3. The lowest BCUT2D eigenvalue weighted by atomic mass is 10.0. The molecule has 0 aliphatic heterocycles. The number of Topliss-reactive ketones (excluding diaryl/α,β-unsaturated/α-hetero) is 1. The Hall–Kier alpha value is -2.24. The van der Waals surface area contributed by atoms with E-state index in [1.54, 1.807) is 0 Å². The maximum absolute atomic E-state index is 12.2. The van der Waals surface area contributed by atoms with E-state index in [9.17, 15) is 19.2 Å². The second-order valence-corrected chi connectivity index (χ2v) is 9.51. The molecular weight excluding hydrogens is 442 g/mol. The lowest BCUT2D eigenvalue weighted by Gasteiger charge is -2.29. The number of primary amides is 1. The molecule has 0 aliphatic carbocycles. The molecule has 6 N–H and O–H groups in total. The minimum atomic E-state index is -0.683. The summed E-state index contributed by atoms with van der Waals surface area (Å²) in [5.41, 5.74) is 4.19. The largest absolute Gasteiger partial charge is 0.375 e. The highest BCUT2D eigenvalue weighted by Crippen LogP contribution is 2.20. The van der Waals surface area contributed by atoms with Crippen LogP contribution in [0.1, 0.15) is 66.7 Å². The molecule has 0 rings (SSSR count). The zero-order chi connectivity index (χ0) is 26.2. The summed E-state index contributed by atoms with van der Waals surface area (Å²) in [5, 5.41) is 10.6. The van der Waals surface area contributed by atoms with Gasteiger partial charge in [-0.05, 0) is 67.3 Å². The van der Waals surface area contributed by atoms with E-state index < -0.39 is 23.6 Å². The number of hydrogen-bond acceptors (Lipinski definition) is 7. The summed E-state index contributed by atoms with van der Waals surface area (Å²) >= 11 is 0. The summed E-state index contributed by atoms with van der Waals surface area (Å²) < 4.78 is 11.8. The molecule has 34 heavy (non-hydrogen) atoms. The molecular formula is C23H45N5O6. The lowest BCUT2D eigenvalue weighted by molar-refractivity contribution is -0.129. The van der Waals surface area contributed by atoms with Gasteiger partial charge in [0, 0.05) is 19.5 Å². The summed E-state index contributed by atoms with van der Waals surface area (Å²) in [6.45, 7) is 11.3. The molecule has 0 saturated carbocycles. The Labute approximate surface area is 203 Å². The van der Waals surface area contributed by atoms with Crippen molar-refractivity contribution >= 4 is 23.6 Å². The van der Waals surface area contributed by atoms with Crippen LogP contribution in [0.15, 0.2) is 0 Å². The van der Waals surface area contributed by atoms with Crippen molar-refractivity contribution in [1.82, 2.24) is 21.3 Å². The molecule has 4 amide bonds. The van der Waals surface area contributed by atoms with Crippen LogP contribution in [-0.4, -0.2) is 80.8 Å². The molecule has 0 aromatic carbocycles. The number of urea groups is 1. The quantitative estimate of drug-likeness (QED) is 0.167. The van der Waals surface area contributed by atoms with Gasteiger partial charge in [-0.2, -0.15) is 0 Å². The Morgan fingerprint density at radius 2 is 1.50 bits per heavy atom. The van der Waals surface area contributed by atoms with Gasteiger partial charge in [0.05, 0.1) is 37.0 Å². The van der Waals surface area contributed by atoms with Crippen molar-refractivity contribution in [3.8, 4) is 0 Å². The molecule has 0 saturated heterocycles. The molecule has 0 aromatic heterocycles. The zero-order valence-electron chi connectivity index (χ0n) is 21.7. The predicted molar refractivity (Wildman–Crippen MR) is 130 cm³/mol. The molecule has 0 heterocycles. The topological polar surface area (TPSA) is 161 Å². The first-order chi connectivity index (χ1) is 15.8. The molecule has 198 valence electrons. The fourth-order valence-electron chi connectivity index (χ4n) is 2.97. The van der Waals surface area contributed by atoms with Crippen molar-refractivity contribution in [2.24, 2.45) is 5.73 Å². The number of nitrogens with one attached hydrogen (secondary N) is 4. The summed E-state index contributed by atoms with van der Waals surface area (Å²) in [4.78, 5) is 46.7. The van der Waals surface area contributed by atoms with Crippen LogP contribution in [0.25, 0.3) is 0 Å². The van der Waals surface area contributed by atoms with E-state index in [4.69, 9.17) is 15.2 Å². The fourth-order valence-corrected chi connectivity index (χ4v) is 2.97. The molecule has 1 unspecified atom stereocenters. The van der Waals surface area contributed by atoms with Crippen LogP contribution < -0.4 is 27.0 Å². The second kappa shape index (κ2) is 16.4. The number of nitrogens with two attached hydrogens (primary N) is 1. The van der Waals surface area contributed by atoms with Crippen LogP contribution in [0.2, 0.25) is 0 Å². The van der Waals surface area contributed by atoms with Crippen molar-refractivity contribution < 1.29 is 28.7 Å². The fraction of sp³-hybridized carbons (Fsp3) is 0.826. The first kappa shape index (κ1) is 31.8. The van der Waals surface area contributed by atoms with E-state index in [1.807, 2.05) is 34.7 Å². The number of ether oxygens (including phenoxy) is 2. The summed E-state index contributed by atoms with van der Waals surface area (Å²) in [7, 11) is 1.88. The number of hydrogen-bond donors (Lipinski definition) is 5. The SMILES string of the molecule is CNCCOC(C)(C)CCOC(C)(C)CCC(=O)NCC(=O)NC(CCCNC(N)=O)C(C)=O. The maximum atomic E-state index is 12.2. The van der Waals surface area contributed by atoms with Crippen molar-refractivity contribution in [1.29, 1.82) is 0 Å². The van der Waals surface area contributed by atoms with Crippen LogP contribution in [0, 0.1) is 0 Å². The van der Waals surface area contributed by atoms with Crippen LogP contribution >= 0.6 is 0 Å². The number of rotatable bonds is 19.